The van der Waals surface area contributed by atoms with Crippen LogP contribution in [0.4, 0.5) is 20.4 Å². The summed E-state index contributed by atoms with van der Waals surface area (Å²) >= 11 is 6.08. The Kier molecular flexibility index (Phi) is 7.64. The lowest BCUT2D eigenvalue weighted by Gasteiger charge is -2.31. The fourth-order valence-electron chi connectivity index (χ4n) is 5.37. The standard InChI is InChI=1S/C29H28ClF2N5O4S/c1-2-37-9-7-19(8-10-37)34-29-33-14-17-11-16(3-5-22(17)35-29)26-21(31)4-6-23(27(26)32)36-42(39,40)25-13-18(30)12-20-24(38)15-41-28(20)25/h3-6,11-14,19,24,36,38H,2,7-10,15H2,1H3,(H,33,34,35)/t24-/m1/s1. The maximum absolute atomic E-state index is 15.7. The summed E-state index contributed by atoms with van der Waals surface area (Å²) in [6, 6.07) is 9.52. The first-order chi connectivity index (χ1) is 20.1. The highest BCUT2D eigenvalue weighted by Crippen LogP contribution is 2.41. The van der Waals surface area contributed by atoms with E-state index in [1.807, 2.05) is 0 Å². The third-order valence-corrected chi connectivity index (χ3v) is 9.24. The van der Waals surface area contributed by atoms with E-state index in [0.29, 0.717) is 16.9 Å². The van der Waals surface area contributed by atoms with Crippen molar-refractivity contribution >= 4 is 44.2 Å². The third-order valence-electron chi connectivity index (χ3n) is 7.65. The highest BCUT2D eigenvalue weighted by atomic mass is 35.5. The molecule has 2 aliphatic rings. The van der Waals surface area contributed by atoms with Crippen LogP contribution >= 0.6 is 11.6 Å². The van der Waals surface area contributed by atoms with Gasteiger partial charge in [0.25, 0.3) is 10.0 Å². The molecule has 3 N–H and O–H groups in total. The number of rotatable bonds is 7. The van der Waals surface area contributed by atoms with Gasteiger partial charge in [0, 0.05) is 41.3 Å². The number of sulfonamides is 1. The highest BCUT2D eigenvalue weighted by molar-refractivity contribution is 7.92. The summed E-state index contributed by atoms with van der Waals surface area (Å²) in [5.41, 5.74) is 0.109. The van der Waals surface area contributed by atoms with Crippen LogP contribution in [0.25, 0.3) is 22.0 Å². The third kappa shape index (κ3) is 5.47. The second-order valence-corrected chi connectivity index (χ2v) is 12.4. The molecule has 220 valence electrons. The monoisotopic (exact) mass is 615 g/mol. The zero-order chi connectivity index (χ0) is 29.6. The van der Waals surface area contributed by atoms with E-state index in [9.17, 15) is 17.9 Å². The van der Waals surface area contributed by atoms with Crippen molar-refractivity contribution in [1.82, 2.24) is 14.9 Å². The first-order valence-electron chi connectivity index (χ1n) is 13.5. The molecule has 13 heteroatoms. The molecule has 0 bridgehead atoms. The van der Waals surface area contributed by atoms with Gasteiger partial charge in [-0.15, -0.1) is 0 Å². The molecule has 9 nitrogen and oxygen atoms in total. The van der Waals surface area contributed by atoms with Crippen molar-refractivity contribution in [3.05, 3.63) is 70.9 Å². The molecule has 4 aromatic rings. The number of aliphatic hydroxyl groups excluding tert-OH is 1. The number of fused-ring (bicyclic) bond motifs is 2. The Bertz CT molecular complexity index is 1780. The van der Waals surface area contributed by atoms with Crippen molar-refractivity contribution in [3.63, 3.8) is 0 Å². The average Bonchev–Trinajstić information content (AvgIpc) is 3.34. The van der Waals surface area contributed by atoms with Gasteiger partial charge in [-0.2, -0.15) is 0 Å². The molecule has 1 saturated heterocycles. The van der Waals surface area contributed by atoms with Gasteiger partial charge < -0.3 is 20.1 Å². The Morgan fingerprint density at radius 2 is 1.93 bits per heavy atom. The summed E-state index contributed by atoms with van der Waals surface area (Å²) in [5, 5.41) is 14.1. The Morgan fingerprint density at radius 1 is 1.14 bits per heavy atom. The number of hydrogen-bond donors (Lipinski definition) is 3. The first-order valence-corrected chi connectivity index (χ1v) is 15.4. The van der Waals surface area contributed by atoms with Gasteiger partial charge in [-0.1, -0.05) is 24.6 Å². The number of hydrogen-bond acceptors (Lipinski definition) is 8. The molecule has 2 aliphatic heterocycles. The van der Waals surface area contributed by atoms with Crippen LogP contribution in [0.3, 0.4) is 0 Å². The topological polar surface area (TPSA) is 117 Å². The molecule has 0 radical (unpaired) electrons. The van der Waals surface area contributed by atoms with Crippen LogP contribution in [-0.4, -0.2) is 60.7 Å². The quantitative estimate of drug-likeness (QED) is 0.255. The van der Waals surface area contributed by atoms with Gasteiger partial charge in [0.2, 0.25) is 5.95 Å². The Hall–Kier alpha value is -3.58. The molecule has 0 saturated carbocycles. The molecular formula is C29H28ClF2N5O4S. The number of nitrogens with zero attached hydrogens (tertiary/aromatic N) is 3. The fourth-order valence-corrected chi connectivity index (χ4v) is 6.92. The predicted octanol–water partition coefficient (Wildman–Crippen LogP) is 5.35. The van der Waals surface area contributed by atoms with E-state index in [-0.39, 0.29) is 39.4 Å². The Balaban J connectivity index is 1.27. The van der Waals surface area contributed by atoms with Crippen LogP contribution in [0.1, 0.15) is 31.4 Å². The van der Waals surface area contributed by atoms with Gasteiger partial charge in [-0.3, -0.25) is 4.72 Å². The molecule has 3 aromatic carbocycles. The second-order valence-electron chi connectivity index (χ2n) is 10.4. The largest absolute Gasteiger partial charge is 0.489 e. The summed E-state index contributed by atoms with van der Waals surface area (Å²) in [6.07, 6.45) is 2.51. The first kappa shape index (κ1) is 28.5. The van der Waals surface area contributed by atoms with E-state index in [1.54, 1.807) is 18.3 Å². The van der Waals surface area contributed by atoms with E-state index in [2.05, 4.69) is 31.8 Å². The SMILES string of the molecule is CCN1CCC(Nc2ncc3cc(-c4c(F)ccc(NS(=O)(=O)c5cc(Cl)cc6c5OC[C@H]6O)c4F)ccc3n2)CC1. The molecule has 42 heavy (non-hydrogen) atoms. The summed E-state index contributed by atoms with van der Waals surface area (Å²) in [5.74, 6) is -1.56. The predicted molar refractivity (Wildman–Crippen MR) is 156 cm³/mol. The summed E-state index contributed by atoms with van der Waals surface area (Å²) < 4.78 is 64.8. The van der Waals surface area contributed by atoms with Crippen molar-refractivity contribution in [3.8, 4) is 16.9 Å². The molecule has 0 spiro atoms. The summed E-state index contributed by atoms with van der Waals surface area (Å²) in [7, 11) is -4.44. The van der Waals surface area contributed by atoms with Gasteiger partial charge in [-0.25, -0.2) is 27.2 Å². The van der Waals surface area contributed by atoms with Crippen LogP contribution in [0, 0.1) is 11.6 Å². The van der Waals surface area contributed by atoms with Crippen LogP contribution in [0.15, 0.2) is 53.6 Å². The zero-order valence-electron chi connectivity index (χ0n) is 22.6. The van der Waals surface area contributed by atoms with Crippen molar-refractivity contribution in [2.24, 2.45) is 0 Å². The normalized spacial score (nSPS) is 17.7. The van der Waals surface area contributed by atoms with Crippen molar-refractivity contribution in [2.45, 2.75) is 36.8 Å². The number of piperidine rings is 1. The van der Waals surface area contributed by atoms with Gasteiger partial charge in [0.1, 0.15) is 29.2 Å². The Labute approximate surface area is 246 Å². The van der Waals surface area contributed by atoms with E-state index in [1.165, 1.54) is 12.1 Å². The maximum Gasteiger partial charge on any atom is 0.265 e. The maximum atomic E-state index is 15.7. The number of anilines is 2. The molecule has 1 fully saturated rings. The lowest BCUT2D eigenvalue weighted by molar-refractivity contribution is 0.140. The number of nitrogens with one attached hydrogen (secondary N) is 2. The van der Waals surface area contributed by atoms with Gasteiger partial charge in [0.15, 0.2) is 5.82 Å². The van der Waals surface area contributed by atoms with Crippen molar-refractivity contribution in [1.29, 1.82) is 0 Å². The zero-order valence-corrected chi connectivity index (χ0v) is 24.1. The van der Waals surface area contributed by atoms with Gasteiger partial charge in [0.05, 0.1) is 16.8 Å². The lowest BCUT2D eigenvalue weighted by atomic mass is 10.0. The van der Waals surface area contributed by atoms with E-state index in [4.69, 9.17) is 16.3 Å². The van der Waals surface area contributed by atoms with E-state index < -0.39 is 39.0 Å². The van der Waals surface area contributed by atoms with Crippen molar-refractivity contribution < 1.29 is 27.0 Å². The summed E-state index contributed by atoms with van der Waals surface area (Å²) in [4.78, 5) is 11.0. The van der Waals surface area contributed by atoms with Gasteiger partial charge >= 0.3 is 0 Å². The van der Waals surface area contributed by atoms with E-state index >= 15 is 4.39 Å². The number of benzene rings is 3. The minimum atomic E-state index is -4.44. The van der Waals surface area contributed by atoms with Crippen LogP contribution in [0.2, 0.25) is 5.02 Å². The molecule has 1 atom stereocenters. The van der Waals surface area contributed by atoms with E-state index in [0.717, 1.165) is 50.7 Å². The van der Waals surface area contributed by atoms with Crippen LogP contribution < -0.4 is 14.8 Å². The second kappa shape index (κ2) is 11.3. The lowest BCUT2D eigenvalue weighted by Crippen LogP contribution is -2.39. The molecule has 1 aromatic heterocycles. The smallest absolute Gasteiger partial charge is 0.265 e. The molecule has 3 heterocycles. The molecule has 0 amide bonds. The number of halogens is 3. The minimum Gasteiger partial charge on any atom is -0.489 e. The molecule has 0 aliphatic carbocycles. The Morgan fingerprint density at radius 3 is 2.69 bits per heavy atom. The fraction of sp³-hybridized carbons (Fsp3) is 0.310. The van der Waals surface area contributed by atoms with Gasteiger partial charge in [-0.05, 0) is 61.3 Å². The number of likely N-dealkylation sites (tertiary alicyclic amines) is 1. The van der Waals surface area contributed by atoms with Crippen molar-refractivity contribution in [2.75, 3.05) is 36.3 Å². The summed E-state index contributed by atoms with van der Waals surface area (Å²) in [6.45, 7) is 5.05. The highest BCUT2D eigenvalue weighted by Gasteiger charge is 2.32. The molecule has 0 unspecified atom stereocenters. The number of aromatic nitrogens is 2. The minimum absolute atomic E-state index is 0.0533. The number of ether oxygens (including phenoxy) is 1. The number of aliphatic hydroxyl groups is 1. The average molecular weight is 616 g/mol. The molecular weight excluding hydrogens is 588 g/mol. The molecule has 6 rings (SSSR count). The van der Waals surface area contributed by atoms with Crippen LogP contribution in [0.5, 0.6) is 5.75 Å². The van der Waals surface area contributed by atoms with Crippen LogP contribution in [-0.2, 0) is 10.0 Å².